The van der Waals surface area contributed by atoms with Crippen LogP contribution in [0.15, 0.2) is 21.7 Å². The Labute approximate surface area is 122 Å². The van der Waals surface area contributed by atoms with Crippen molar-refractivity contribution in [2.75, 3.05) is 19.6 Å². The van der Waals surface area contributed by atoms with Gasteiger partial charge in [-0.1, -0.05) is 18.3 Å². The van der Waals surface area contributed by atoms with Crippen LogP contribution in [0.5, 0.6) is 0 Å². The van der Waals surface area contributed by atoms with Crippen LogP contribution >= 0.6 is 23.6 Å². The maximum Gasteiger partial charge on any atom is 0.250 e. The van der Waals surface area contributed by atoms with Crippen LogP contribution < -0.4 is 10.5 Å². The van der Waals surface area contributed by atoms with Crippen molar-refractivity contribution in [3.63, 3.8) is 0 Å². The van der Waals surface area contributed by atoms with Gasteiger partial charge in [0.25, 0.3) is 0 Å². The van der Waals surface area contributed by atoms with E-state index in [9.17, 15) is 8.42 Å². The number of nitrogens with zero attached hydrogens (tertiary/aromatic N) is 1. The molecule has 1 aromatic rings. The van der Waals surface area contributed by atoms with E-state index < -0.39 is 10.0 Å². The normalized spacial score (nSPS) is 18.5. The lowest BCUT2D eigenvalue weighted by Crippen LogP contribution is -2.46. The topological polar surface area (TPSA) is 75.4 Å². The van der Waals surface area contributed by atoms with Gasteiger partial charge >= 0.3 is 0 Å². The third-order valence-electron chi connectivity index (χ3n) is 3.05. The Bertz CT molecular complexity index is 519. The molecule has 1 aliphatic rings. The molecular formula is C11H17N3O2S3. The number of thiophene rings is 1. The van der Waals surface area contributed by atoms with Crippen LogP contribution in [0.4, 0.5) is 0 Å². The lowest BCUT2D eigenvalue weighted by molar-refractivity contribution is 0.233. The molecular weight excluding hydrogens is 302 g/mol. The van der Waals surface area contributed by atoms with Crippen molar-refractivity contribution < 1.29 is 8.42 Å². The van der Waals surface area contributed by atoms with Crippen molar-refractivity contribution in [1.29, 1.82) is 0 Å². The van der Waals surface area contributed by atoms with Crippen molar-refractivity contribution in [3.8, 4) is 0 Å². The first-order valence-corrected chi connectivity index (χ1v) is 8.81. The van der Waals surface area contributed by atoms with Crippen molar-refractivity contribution in [2.24, 2.45) is 5.73 Å². The maximum absolute atomic E-state index is 12.1. The summed E-state index contributed by atoms with van der Waals surface area (Å²) >= 11 is 6.11. The fourth-order valence-corrected chi connectivity index (χ4v) is 4.62. The number of rotatable bonds is 5. The van der Waals surface area contributed by atoms with Gasteiger partial charge in [-0.05, 0) is 24.3 Å². The molecule has 0 bridgehead atoms. The van der Waals surface area contributed by atoms with Crippen LogP contribution in [0.2, 0.25) is 0 Å². The van der Waals surface area contributed by atoms with Gasteiger partial charge in [-0.25, -0.2) is 13.1 Å². The molecule has 0 amide bonds. The molecule has 0 unspecified atom stereocenters. The first-order valence-electron chi connectivity index (χ1n) is 6.04. The first-order chi connectivity index (χ1) is 8.97. The highest BCUT2D eigenvalue weighted by Gasteiger charge is 2.25. The highest BCUT2D eigenvalue weighted by molar-refractivity contribution is 7.91. The van der Waals surface area contributed by atoms with Crippen LogP contribution in [0, 0.1) is 0 Å². The van der Waals surface area contributed by atoms with Crippen molar-refractivity contribution in [3.05, 3.63) is 17.5 Å². The number of sulfonamides is 1. The number of likely N-dealkylation sites (tertiary alicyclic amines) is 1. The number of thiocarbonyl (C=S) groups is 1. The van der Waals surface area contributed by atoms with Crippen LogP contribution in [0.1, 0.15) is 12.8 Å². The standard InChI is InChI=1S/C11H17N3O2S3/c12-10(17)8-14-5-3-9(4-6-14)13-19(15,16)11-2-1-7-18-11/h1-2,7,9,13H,3-6,8H2,(H2,12,17). The Morgan fingerprint density at radius 3 is 2.74 bits per heavy atom. The van der Waals surface area contributed by atoms with Gasteiger partial charge in [0.15, 0.2) is 0 Å². The average molecular weight is 319 g/mol. The summed E-state index contributed by atoms with van der Waals surface area (Å²) in [6, 6.07) is 3.36. The molecule has 0 aliphatic carbocycles. The zero-order chi connectivity index (χ0) is 13.9. The molecule has 1 fully saturated rings. The third kappa shape index (κ3) is 4.22. The number of hydrogen-bond donors (Lipinski definition) is 2. The van der Waals surface area contributed by atoms with Gasteiger partial charge in [0, 0.05) is 25.7 Å². The van der Waals surface area contributed by atoms with Crippen molar-refractivity contribution in [1.82, 2.24) is 9.62 Å². The largest absolute Gasteiger partial charge is 0.392 e. The van der Waals surface area contributed by atoms with Crippen molar-refractivity contribution in [2.45, 2.75) is 23.1 Å². The second-order valence-corrected chi connectivity index (χ2v) is 7.98. The minimum absolute atomic E-state index is 0.00491. The van der Waals surface area contributed by atoms with Gasteiger partial charge in [-0.2, -0.15) is 0 Å². The molecule has 1 saturated heterocycles. The Hall–Kier alpha value is -0.540. The molecule has 2 rings (SSSR count). The molecule has 1 aromatic heterocycles. The van der Waals surface area contributed by atoms with E-state index in [0.717, 1.165) is 25.9 Å². The Morgan fingerprint density at radius 2 is 2.21 bits per heavy atom. The molecule has 8 heteroatoms. The summed E-state index contributed by atoms with van der Waals surface area (Å²) in [5.41, 5.74) is 5.50. The van der Waals surface area contributed by atoms with Crippen LogP contribution in [-0.2, 0) is 10.0 Å². The fourth-order valence-electron chi connectivity index (χ4n) is 2.12. The monoisotopic (exact) mass is 319 g/mol. The molecule has 106 valence electrons. The van der Waals surface area contributed by atoms with Crippen LogP contribution in [-0.4, -0.2) is 44.0 Å². The van der Waals surface area contributed by atoms with Crippen LogP contribution in [0.3, 0.4) is 0 Å². The molecule has 0 radical (unpaired) electrons. The van der Waals surface area contributed by atoms with Gasteiger partial charge < -0.3 is 5.73 Å². The van der Waals surface area contributed by atoms with E-state index in [1.54, 1.807) is 17.5 Å². The summed E-state index contributed by atoms with van der Waals surface area (Å²) in [6.07, 6.45) is 1.57. The number of nitrogens with two attached hydrogens (primary N) is 1. The zero-order valence-electron chi connectivity index (χ0n) is 10.4. The number of piperidine rings is 1. The lowest BCUT2D eigenvalue weighted by atomic mass is 10.1. The van der Waals surface area contributed by atoms with Crippen molar-refractivity contribution >= 4 is 38.6 Å². The van der Waals surface area contributed by atoms with Gasteiger partial charge in [-0.3, -0.25) is 4.90 Å². The molecule has 19 heavy (non-hydrogen) atoms. The molecule has 0 spiro atoms. The summed E-state index contributed by atoms with van der Waals surface area (Å²) < 4.78 is 27.3. The predicted molar refractivity (Wildman–Crippen MR) is 80.9 cm³/mol. The van der Waals surface area contributed by atoms with E-state index >= 15 is 0 Å². The molecule has 5 nitrogen and oxygen atoms in total. The molecule has 0 aromatic carbocycles. The Kier molecular flexibility index (Phi) is 4.91. The van der Waals surface area contributed by atoms with E-state index in [2.05, 4.69) is 9.62 Å². The highest BCUT2D eigenvalue weighted by atomic mass is 32.2. The number of hydrogen-bond acceptors (Lipinski definition) is 5. The summed E-state index contributed by atoms with van der Waals surface area (Å²) in [4.78, 5) is 2.63. The minimum Gasteiger partial charge on any atom is -0.392 e. The number of nitrogens with one attached hydrogen (secondary N) is 1. The second kappa shape index (κ2) is 6.27. The fraction of sp³-hybridized carbons (Fsp3) is 0.545. The Balaban J connectivity index is 1.88. The molecule has 1 aliphatic heterocycles. The van der Waals surface area contributed by atoms with Gasteiger partial charge in [0.1, 0.15) is 4.21 Å². The molecule has 2 heterocycles. The maximum atomic E-state index is 12.1. The zero-order valence-corrected chi connectivity index (χ0v) is 12.9. The van der Waals surface area contributed by atoms with E-state index in [-0.39, 0.29) is 6.04 Å². The second-order valence-electron chi connectivity index (χ2n) is 4.57. The summed E-state index contributed by atoms with van der Waals surface area (Å²) in [6.45, 7) is 2.24. The SMILES string of the molecule is NC(=S)CN1CCC(NS(=O)(=O)c2cccs2)CC1. The van der Waals surface area contributed by atoms with Gasteiger partial charge in [-0.15, -0.1) is 11.3 Å². The minimum atomic E-state index is -3.36. The predicted octanol–water partition coefficient (Wildman–Crippen LogP) is 0.777. The summed E-state index contributed by atoms with van der Waals surface area (Å²) in [5.74, 6) is 0. The van der Waals surface area contributed by atoms with Gasteiger partial charge in [0.05, 0.1) is 4.99 Å². The third-order valence-corrected chi connectivity index (χ3v) is 6.10. The summed E-state index contributed by atoms with van der Waals surface area (Å²) in [7, 11) is -3.36. The molecule has 0 atom stereocenters. The lowest BCUT2D eigenvalue weighted by Gasteiger charge is -2.31. The Morgan fingerprint density at radius 1 is 1.53 bits per heavy atom. The van der Waals surface area contributed by atoms with E-state index in [1.807, 2.05) is 0 Å². The van der Waals surface area contributed by atoms with E-state index in [4.69, 9.17) is 18.0 Å². The van der Waals surface area contributed by atoms with Gasteiger partial charge in [0.2, 0.25) is 10.0 Å². The molecule has 3 N–H and O–H groups in total. The van der Waals surface area contributed by atoms with Crippen LogP contribution in [0.25, 0.3) is 0 Å². The first kappa shape index (κ1) is 14.9. The quantitative estimate of drug-likeness (QED) is 0.784. The van der Waals surface area contributed by atoms with E-state index in [1.165, 1.54) is 11.3 Å². The summed E-state index contributed by atoms with van der Waals surface area (Å²) in [5, 5.41) is 1.76. The molecule has 0 saturated carbocycles. The smallest absolute Gasteiger partial charge is 0.250 e. The highest BCUT2D eigenvalue weighted by Crippen LogP contribution is 2.18. The van der Waals surface area contributed by atoms with E-state index in [0.29, 0.717) is 15.7 Å². The average Bonchev–Trinajstić information content (AvgIpc) is 2.85.